The van der Waals surface area contributed by atoms with E-state index in [0.29, 0.717) is 32.8 Å². The third kappa shape index (κ3) is 3.33. The summed E-state index contributed by atoms with van der Waals surface area (Å²) in [5, 5.41) is 5.34. The smallest absolute Gasteiger partial charge is 0.338 e. The number of carbonyl (C=O) groups excluding carboxylic acids is 2. The van der Waals surface area contributed by atoms with Gasteiger partial charge in [-0.3, -0.25) is 0 Å². The van der Waals surface area contributed by atoms with Crippen molar-refractivity contribution >= 4 is 27.9 Å². The normalized spacial score (nSPS) is 17.0. The van der Waals surface area contributed by atoms with E-state index >= 15 is 0 Å². The van der Waals surface area contributed by atoms with E-state index in [1.54, 1.807) is 26.0 Å². The second-order valence-corrected chi connectivity index (χ2v) is 5.79. The highest BCUT2D eigenvalue weighted by atomic mass is 79.9. The van der Waals surface area contributed by atoms with Crippen LogP contribution in [0.25, 0.3) is 0 Å². The summed E-state index contributed by atoms with van der Waals surface area (Å²) in [6, 6.07) is 2.40. The first-order valence-corrected chi connectivity index (χ1v) is 8.09. The summed E-state index contributed by atoms with van der Waals surface area (Å²) in [7, 11) is 3.05. The van der Waals surface area contributed by atoms with Gasteiger partial charge < -0.3 is 24.8 Å². The molecule has 0 aliphatic carbocycles. The summed E-state index contributed by atoms with van der Waals surface area (Å²) in [5.74, 6) is 0.518. The summed E-state index contributed by atoms with van der Waals surface area (Å²) < 4.78 is 16.3. The monoisotopic (exact) mass is 398 g/mol. The molecule has 1 atom stereocenters. The number of methoxy groups -OCH3 is 2. The van der Waals surface area contributed by atoms with E-state index in [1.165, 1.54) is 14.2 Å². The number of rotatable bonds is 5. The van der Waals surface area contributed by atoms with E-state index < -0.39 is 18.0 Å². The summed E-state index contributed by atoms with van der Waals surface area (Å²) in [6.45, 7) is 3.62. The molecular formula is C16H19BrN2O5. The number of nitrogens with one attached hydrogen (secondary N) is 2. The van der Waals surface area contributed by atoms with E-state index in [-0.39, 0.29) is 6.61 Å². The molecule has 0 fully saturated rings. The maximum atomic E-state index is 12.3. The molecule has 0 aromatic heterocycles. The number of hydrogen-bond acceptors (Lipinski definition) is 5. The molecule has 130 valence electrons. The Kier molecular flexibility index (Phi) is 5.71. The highest BCUT2D eigenvalue weighted by Gasteiger charge is 2.34. The molecule has 1 unspecified atom stereocenters. The molecule has 24 heavy (non-hydrogen) atoms. The van der Waals surface area contributed by atoms with Crippen molar-refractivity contribution in [3.63, 3.8) is 0 Å². The number of esters is 1. The van der Waals surface area contributed by atoms with Crippen LogP contribution in [0.5, 0.6) is 11.5 Å². The molecule has 2 N–H and O–H groups in total. The fourth-order valence-corrected chi connectivity index (χ4v) is 3.25. The van der Waals surface area contributed by atoms with Crippen LogP contribution in [0, 0.1) is 0 Å². The minimum Gasteiger partial charge on any atom is -0.493 e. The zero-order chi connectivity index (χ0) is 17.9. The Morgan fingerprint density at radius 3 is 2.58 bits per heavy atom. The molecule has 0 spiro atoms. The standard InChI is InChI=1S/C16H19BrN2O5/c1-5-24-15(20)11-8(2)18-16(21)19-13(11)9-6-7-10(22-3)14(23-4)12(9)17/h6-7,13H,5H2,1-4H3,(H2,18,19,21). The summed E-state index contributed by atoms with van der Waals surface area (Å²) in [5.41, 5.74) is 1.44. The Morgan fingerprint density at radius 2 is 2.00 bits per heavy atom. The van der Waals surface area contributed by atoms with Crippen LogP contribution in [0.15, 0.2) is 27.9 Å². The maximum absolute atomic E-state index is 12.3. The number of carbonyl (C=O) groups is 2. The molecular weight excluding hydrogens is 380 g/mol. The van der Waals surface area contributed by atoms with Crippen LogP contribution in [-0.2, 0) is 9.53 Å². The van der Waals surface area contributed by atoms with Gasteiger partial charge in [-0.2, -0.15) is 0 Å². The number of ether oxygens (including phenoxy) is 3. The minimum atomic E-state index is -0.674. The van der Waals surface area contributed by atoms with Gasteiger partial charge in [0.05, 0.1) is 36.9 Å². The average Bonchev–Trinajstić information content (AvgIpc) is 2.53. The van der Waals surface area contributed by atoms with Crippen LogP contribution < -0.4 is 20.1 Å². The van der Waals surface area contributed by atoms with E-state index in [2.05, 4.69) is 26.6 Å². The highest BCUT2D eigenvalue weighted by molar-refractivity contribution is 9.10. The predicted octanol–water partition coefficient (Wildman–Crippen LogP) is 2.66. The van der Waals surface area contributed by atoms with E-state index in [1.807, 2.05) is 0 Å². The lowest BCUT2D eigenvalue weighted by molar-refractivity contribution is -0.139. The van der Waals surface area contributed by atoms with Crippen molar-refractivity contribution < 1.29 is 23.8 Å². The van der Waals surface area contributed by atoms with Crippen molar-refractivity contribution in [1.82, 2.24) is 10.6 Å². The van der Waals surface area contributed by atoms with Crippen molar-refractivity contribution in [2.45, 2.75) is 19.9 Å². The number of urea groups is 1. The number of allylic oxidation sites excluding steroid dienone is 1. The first kappa shape index (κ1) is 18.1. The van der Waals surface area contributed by atoms with Gasteiger partial charge in [-0.25, -0.2) is 9.59 Å². The molecule has 0 saturated carbocycles. The first-order valence-electron chi connectivity index (χ1n) is 7.30. The topological polar surface area (TPSA) is 85.9 Å². The number of hydrogen-bond donors (Lipinski definition) is 2. The SMILES string of the molecule is CCOC(=O)C1=C(C)NC(=O)NC1c1ccc(OC)c(OC)c1Br. The van der Waals surface area contributed by atoms with E-state index in [0.717, 1.165) is 0 Å². The third-order valence-electron chi connectivity index (χ3n) is 3.59. The lowest BCUT2D eigenvalue weighted by atomic mass is 9.95. The average molecular weight is 399 g/mol. The maximum Gasteiger partial charge on any atom is 0.338 e. The molecule has 8 heteroatoms. The molecule has 1 aromatic rings. The molecule has 0 bridgehead atoms. The van der Waals surface area contributed by atoms with E-state index in [4.69, 9.17) is 14.2 Å². The molecule has 1 aliphatic rings. The van der Waals surface area contributed by atoms with Crippen LogP contribution in [0.2, 0.25) is 0 Å². The zero-order valence-corrected chi connectivity index (χ0v) is 15.4. The van der Waals surface area contributed by atoms with Gasteiger partial charge in [-0.15, -0.1) is 0 Å². The number of halogens is 1. The Bertz CT molecular complexity index is 702. The number of amides is 2. The third-order valence-corrected chi connectivity index (χ3v) is 4.41. The Morgan fingerprint density at radius 1 is 1.29 bits per heavy atom. The van der Waals surface area contributed by atoms with Crippen molar-refractivity contribution in [2.75, 3.05) is 20.8 Å². The molecule has 1 aliphatic heterocycles. The molecule has 2 rings (SSSR count). The highest BCUT2D eigenvalue weighted by Crippen LogP contribution is 2.42. The quantitative estimate of drug-likeness (QED) is 0.744. The Balaban J connectivity index is 2.57. The summed E-state index contributed by atoms with van der Waals surface area (Å²) in [4.78, 5) is 24.2. The largest absolute Gasteiger partial charge is 0.493 e. The predicted molar refractivity (Wildman–Crippen MR) is 91.0 cm³/mol. The van der Waals surface area contributed by atoms with Crippen molar-refractivity contribution in [1.29, 1.82) is 0 Å². The van der Waals surface area contributed by atoms with Crippen molar-refractivity contribution in [3.05, 3.63) is 33.4 Å². The van der Waals surface area contributed by atoms with Crippen LogP contribution in [0.3, 0.4) is 0 Å². The lowest BCUT2D eigenvalue weighted by Gasteiger charge is -2.29. The minimum absolute atomic E-state index is 0.239. The Labute approximate surface area is 148 Å². The fraction of sp³-hybridized carbons (Fsp3) is 0.375. The van der Waals surface area contributed by atoms with Gasteiger partial charge in [0.25, 0.3) is 0 Å². The van der Waals surface area contributed by atoms with Gasteiger partial charge in [-0.1, -0.05) is 6.07 Å². The van der Waals surface area contributed by atoms with E-state index in [9.17, 15) is 9.59 Å². The first-order chi connectivity index (χ1) is 11.4. The Hall–Kier alpha value is -2.22. The van der Waals surface area contributed by atoms with Gasteiger partial charge >= 0.3 is 12.0 Å². The second-order valence-electron chi connectivity index (χ2n) is 4.99. The lowest BCUT2D eigenvalue weighted by Crippen LogP contribution is -2.45. The zero-order valence-electron chi connectivity index (χ0n) is 13.9. The molecule has 7 nitrogen and oxygen atoms in total. The van der Waals surface area contributed by atoms with Crippen LogP contribution in [-0.4, -0.2) is 32.8 Å². The molecule has 0 saturated heterocycles. The summed E-state index contributed by atoms with van der Waals surface area (Å²) in [6.07, 6.45) is 0. The van der Waals surface area contributed by atoms with Crippen LogP contribution in [0.1, 0.15) is 25.5 Å². The van der Waals surface area contributed by atoms with Crippen LogP contribution in [0.4, 0.5) is 4.79 Å². The molecule has 2 amide bonds. The fourth-order valence-electron chi connectivity index (χ4n) is 2.53. The van der Waals surface area contributed by atoms with Crippen molar-refractivity contribution in [2.24, 2.45) is 0 Å². The van der Waals surface area contributed by atoms with Gasteiger partial charge in [0.1, 0.15) is 0 Å². The molecule has 1 heterocycles. The second kappa shape index (κ2) is 7.57. The van der Waals surface area contributed by atoms with Crippen LogP contribution >= 0.6 is 15.9 Å². The molecule has 1 aromatic carbocycles. The summed E-state index contributed by atoms with van der Waals surface area (Å²) >= 11 is 3.47. The number of benzene rings is 1. The van der Waals surface area contributed by atoms with Gasteiger partial charge in [0, 0.05) is 5.70 Å². The molecule has 0 radical (unpaired) electrons. The van der Waals surface area contributed by atoms with Crippen molar-refractivity contribution in [3.8, 4) is 11.5 Å². The van der Waals surface area contributed by atoms with Gasteiger partial charge in [0.15, 0.2) is 11.5 Å². The van der Waals surface area contributed by atoms with Gasteiger partial charge in [-0.05, 0) is 41.4 Å². The van der Waals surface area contributed by atoms with Gasteiger partial charge in [0.2, 0.25) is 0 Å².